The zero-order valence-corrected chi connectivity index (χ0v) is 8.63. The largest absolute Gasteiger partial charge is 0.471 e. The first kappa shape index (κ1) is 15.4. The van der Waals surface area contributed by atoms with Crippen molar-refractivity contribution in [3.8, 4) is 0 Å². The molecule has 1 aliphatic heterocycles. The van der Waals surface area contributed by atoms with Crippen LogP contribution >= 0.6 is 0 Å². The second-order valence-electron chi connectivity index (χ2n) is 2.95. The minimum absolute atomic E-state index is 0.148. The van der Waals surface area contributed by atoms with Gasteiger partial charge in [-0.15, -0.1) is 0 Å². The number of carbonyl (C=O) groups is 3. The fourth-order valence-electron chi connectivity index (χ4n) is 0.777. The molecule has 17 heavy (non-hydrogen) atoms. The summed E-state index contributed by atoms with van der Waals surface area (Å²) in [6.45, 7) is -0.875. The van der Waals surface area contributed by atoms with E-state index >= 15 is 0 Å². The molecular weight excluding hydrogens is 245 g/mol. The minimum atomic E-state index is -4.85. The molecule has 0 saturated carbocycles. The van der Waals surface area contributed by atoms with Gasteiger partial charge in [-0.2, -0.15) is 13.2 Å². The molecule has 9 heteroatoms. The lowest BCUT2D eigenvalue weighted by Crippen LogP contribution is -2.38. The molecule has 0 aromatic carbocycles. The van der Waals surface area contributed by atoms with Crippen molar-refractivity contribution in [1.82, 2.24) is 10.6 Å². The Morgan fingerprint density at radius 2 is 1.76 bits per heavy atom. The van der Waals surface area contributed by atoms with E-state index in [9.17, 15) is 27.6 Å². The molecule has 0 spiro atoms. The number of halogens is 3. The SMILES string of the molecule is O=C(NCCO)C(F)(F)F.O=C1CCC(=O)N1. The highest BCUT2D eigenvalue weighted by Crippen LogP contribution is 2.13. The van der Waals surface area contributed by atoms with Crippen molar-refractivity contribution >= 4 is 17.7 Å². The van der Waals surface area contributed by atoms with Gasteiger partial charge in [0.1, 0.15) is 0 Å². The molecule has 0 aromatic heterocycles. The van der Waals surface area contributed by atoms with Crippen LogP contribution in [0.2, 0.25) is 0 Å². The first-order valence-corrected chi connectivity index (χ1v) is 4.56. The van der Waals surface area contributed by atoms with E-state index in [1.165, 1.54) is 5.32 Å². The van der Waals surface area contributed by atoms with E-state index in [4.69, 9.17) is 5.11 Å². The van der Waals surface area contributed by atoms with Crippen LogP contribution < -0.4 is 10.6 Å². The average molecular weight is 256 g/mol. The van der Waals surface area contributed by atoms with E-state index in [1.54, 1.807) is 0 Å². The Morgan fingerprint density at radius 3 is 2.00 bits per heavy atom. The number of amides is 3. The van der Waals surface area contributed by atoms with Gasteiger partial charge in [-0.05, 0) is 0 Å². The molecule has 3 N–H and O–H groups in total. The molecule has 1 rings (SSSR count). The van der Waals surface area contributed by atoms with Crippen LogP contribution in [-0.4, -0.2) is 42.2 Å². The van der Waals surface area contributed by atoms with Crippen LogP contribution in [0.3, 0.4) is 0 Å². The number of aliphatic hydroxyl groups excluding tert-OH is 1. The number of carbonyl (C=O) groups excluding carboxylic acids is 3. The summed E-state index contributed by atoms with van der Waals surface area (Å²) in [5, 5.41) is 11.6. The van der Waals surface area contributed by atoms with Gasteiger partial charge in [0.2, 0.25) is 11.8 Å². The normalized spacial score (nSPS) is 14.8. The first-order valence-electron chi connectivity index (χ1n) is 4.56. The molecule has 6 nitrogen and oxygen atoms in total. The molecule has 0 unspecified atom stereocenters. The van der Waals surface area contributed by atoms with Gasteiger partial charge in [0.15, 0.2) is 0 Å². The molecule has 0 aliphatic carbocycles. The number of imide groups is 1. The van der Waals surface area contributed by atoms with Crippen molar-refractivity contribution in [3.05, 3.63) is 0 Å². The smallest absolute Gasteiger partial charge is 0.395 e. The summed E-state index contributed by atoms with van der Waals surface area (Å²) in [5.74, 6) is -2.32. The van der Waals surface area contributed by atoms with E-state index in [0.29, 0.717) is 12.8 Å². The highest BCUT2D eigenvalue weighted by atomic mass is 19.4. The van der Waals surface area contributed by atoms with E-state index < -0.39 is 18.7 Å². The summed E-state index contributed by atoms with van der Waals surface area (Å²) >= 11 is 0. The van der Waals surface area contributed by atoms with Crippen molar-refractivity contribution in [3.63, 3.8) is 0 Å². The van der Waals surface area contributed by atoms with Gasteiger partial charge in [-0.1, -0.05) is 0 Å². The van der Waals surface area contributed by atoms with Gasteiger partial charge < -0.3 is 10.4 Å². The fourth-order valence-corrected chi connectivity index (χ4v) is 0.777. The van der Waals surface area contributed by atoms with Crippen molar-refractivity contribution in [2.45, 2.75) is 19.0 Å². The Labute approximate surface area is 94.2 Å². The average Bonchev–Trinajstić information content (AvgIpc) is 2.58. The molecule has 0 aromatic rings. The number of alkyl halides is 3. The molecule has 0 bridgehead atoms. The zero-order chi connectivity index (χ0) is 13.5. The number of hydrogen-bond donors (Lipinski definition) is 3. The standard InChI is InChI=1S/C4H6F3NO2.C4H5NO2/c5-4(6,7)3(10)8-1-2-9;6-3-1-2-4(7)5-3/h9H,1-2H2,(H,8,10);1-2H2,(H,5,6,7). The summed E-state index contributed by atoms with van der Waals surface area (Å²) in [5.41, 5.74) is 0. The third-order valence-corrected chi connectivity index (χ3v) is 1.51. The first-order chi connectivity index (χ1) is 7.77. The van der Waals surface area contributed by atoms with Crippen LogP contribution in [0.15, 0.2) is 0 Å². The van der Waals surface area contributed by atoms with Crippen LogP contribution in [0.5, 0.6) is 0 Å². The Hall–Kier alpha value is -1.64. The number of aliphatic hydroxyl groups is 1. The Kier molecular flexibility index (Phi) is 6.18. The molecule has 1 saturated heterocycles. The number of hydrogen-bond acceptors (Lipinski definition) is 4. The van der Waals surface area contributed by atoms with E-state index in [-0.39, 0.29) is 18.4 Å². The lowest BCUT2D eigenvalue weighted by molar-refractivity contribution is -0.173. The summed E-state index contributed by atoms with van der Waals surface area (Å²) in [7, 11) is 0. The molecule has 1 aliphatic rings. The van der Waals surface area contributed by atoms with Crippen LogP contribution in [-0.2, 0) is 14.4 Å². The second kappa shape index (κ2) is 6.84. The molecular formula is C8H11F3N2O4. The predicted octanol–water partition coefficient (Wildman–Crippen LogP) is -0.920. The lowest BCUT2D eigenvalue weighted by atomic mass is 10.4. The highest BCUT2D eigenvalue weighted by molar-refractivity contribution is 6.01. The quantitative estimate of drug-likeness (QED) is 0.557. The lowest BCUT2D eigenvalue weighted by Gasteiger charge is -2.04. The van der Waals surface area contributed by atoms with Gasteiger partial charge in [0, 0.05) is 19.4 Å². The molecule has 0 atom stereocenters. The predicted molar refractivity (Wildman–Crippen MR) is 48.5 cm³/mol. The zero-order valence-electron chi connectivity index (χ0n) is 8.63. The minimum Gasteiger partial charge on any atom is -0.395 e. The summed E-state index contributed by atoms with van der Waals surface area (Å²) in [6, 6.07) is 0. The van der Waals surface area contributed by atoms with E-state index in [0.717, 1.165) is 0 Å². The van der Waals surface area contributed by atoms with Crippen LogP contribution in [0, 0.1) is 0 Å². The summed E-state index contributed by atoms with van der Waals surface area (Å²) in [4.78, 5) is 30.1. The molecule has 3 amide bonds. The summed E-state index contributed by atoms with van der Waals surface area (Å²) < 4.78 is 33.8. The number of nitrogens with one attached hydrogen (secondary N) is 2. The van der Waals surface area contributed by atoms with Crippen LogP contribution in [0.25, 0.3) is 0 Å². The molecule has 1 heterocycles. The number of rotatable bonds is 2. The molecule has 0 radical (unpaired) electrons. The maximum atomic E-state index is 11.3. The van der Waals surface area contributed by atoms with Crippen molar-refractivity contribution in [2.24, 2.45) is 0 Å². The summed E-state index contributed by atoms with van der Waals surface area (Å²) in [6.07, 6.45) is -4.10. The van der Waals surface area contributed by atoms with Gasteiger partial charge in [0.25, 0.3) is 0 Å². The molecule has 1 fully saturated rings. The van der Waals surface area contributed by atoms with Gasteiger partial charge >= 0.3 is 12.1 Å². The van der Waals surface area contributed by atoms with Crippen LogP contribution in [0.1, 0.15) is 12.8 Å². The Bertz CT molecular complexity index is 290. The fraction of sp³-hybridized carbons (Fsp3) is 0.625. The highest BCUT2D eigenvalue weighted by Gasteiger charge is 2.38. The Balaban J connectivity index is 0.000000318. The van der Waals surface area contributed by atoms with Crippen molar-refractivity contribution in [1.29, 1.82) is 0 Å². The monoisotopic (exact) mass is 256 g/mol. The van der Waals surface area contributed by atoms with Crippen LogP contribution in [0.4, 0.5) is 13.2 Å². The maximum absolute atomic E-state index is 11.3. The Morgan fingerprint density at radius 1 is 1.29 bits per heavy atom. The molecule has 98 valence electrons. The van der Waals surface area contributed by atoms with Crippen molar-refractivity contribution < 1.29 is 32.7 Å². The van der Waals surface area contributed by atoms with E-state index in [2.05, 4.69) is 5.32 Å². The van der Waals surface area contributed by atoms with Gasteiger partial charge in [-0.25, -0.2) is 0 Å². The third kappa shape index (κ3) is 7.28. The van der Waals surface area contributed by atoms with E-state index in [1.807, 2.05) is 0 Å². The van der Waals surface area contributed by atoms with Crippen molar-refractivity contribution in [2.75, 3.05) is 13.2 Å². The maximum Gasteiger partial charge on any atom is 0.471 e. The third-order valence-electron chi connectivity index (χ3n) is 1.51. The topological polar surface area (TPSA) is 95.5 Å². The van der Waals surface area contributed by atoms with Gasteiger partial charge in [0.05, 0.1) is 6.61 Å². The van der Waals surface area contributed by atoms with Gasteiger partial charge in [-0.3, -0.25) is 19.7 Å². The second-order valence-corrected chi connectivity index (χ2v) is 2.95.